The molecule has 0 radical (unpaired) electrons. The van der Waals surface area contributed by atoms with Gasteiger partial charge in [0.15, 0.2) is 0 Å². The number of carbonyl (C=O) groups is 2. The van der Waals surface area contributed by atoms with E-state index < -0.39 is 22.0 Å². The quantitative estimate of drug-likeness (QED) is 0.694. The number of anilines is 1. The molecule has 1 aromatic heterocycles. The summed E-state index contributed by atoms with van der Waals surface area (Å²) in [5, 5.41) is 12.3. The van der Waals surface area contributed by atoms with Crippen LogP contribution in [-0.2, 0) is 14.8 Å². The molecule has 2 amide bonds. The first kappa shape index (κ1) is 20.1. The predicted octanol–water partition coefficient (Wildman–Crippen LogP) is 2.10. The van der Waals surface area contributed by atoms with Crippen molar-refractivity contribution in [3.05, 3.63) is 46.2 Å². The van der Waals surface area contributed by atoms with Crippen molar-refractivity contribution in [3.63, 3.8) is 0 Å². The molecule has 2 aromatic rings. The van der Waals surface area contributed by atoms with E-state index in [2.05, 4.69) is 10.6 Å². The molecule has 26 heavy (non-hydrogen) atoms. The highest BCUT2D eigenvalue weighted by Gasteiger charge is 2.25. The Hall–Kier alpha value is -2.23. The third kappa shape index (κ3) is 4.90. The van der Waals surface area contributed by atoms with Gasteiger partial charge >= 0.3 is 0 Å². The highest BCUT2D eigenvalue weighted by molar-refractivity contribution is 7.89. The molecule has 4 N–H and O–H groups in total. The molecule has 0 fully saturated rings. The van der Waals surface area contributed by atoms with Gasteiger partial charge in [-0.1, -0.05) is 26.0 Å². The molecular weight excluding hydrogens is 374 g/mol. The van der Waals surface area contributed by atoms with Gasteiger partial charge in [-0.25, -0.2) is 13.6 Å². The smallest absolute Gasteiger partial charge is 0.262 e. The van der Waals surface area contributed by atoms with Gasteiger partial charge < -0.3 is 10.6 Å². The minimum absolute atomic E-state index is 0.0565. The van der Waals surface area contributed by atoms with Crippen molar-refractivity contribution in [1.82, 2.24) is 5.32 Å². The summed E-state index contributed by atoms with van der Waals surface area (Å²) in [4.78, 5) is 25.3. The molecule has 0 bridgehead atoms. The van der Waals surface area contributed by atoms with Gasteiger partial charge in [-0.05, 0) is 42.0 Å². The van der Waals surface area contributed by atoms with E-state index in [4.69, 9.17) is 5.14 Å². The van der Waals surface area contributed by atoms with E-state index in [-0.39, 0.29) is 16.7 Å². The summed E-state index contributed by atoms with van der Waals surface area (Å²) < 4.78 is 23.2. The minimum atomic E-state index is -3.90. The van der Waals surface area contributed by atoms with Gasteiger partial charge in [-0.3, -0.25) is 9.59 Å². The predicted molar refractivity (Wildman–Crippen MR) is 102 cm³/mol. The number of nitrogens with two attached hydrogens (primary N) is 1. The summed E-state index contributed by atoms with van der Waals surface area (Å²) in [6.45, 7) is 5.23. The van der Waals surface area contributed by atoms with E-state index in [0.717, 1.165) is 0 Å². The normalized spacial score (nSPS) is 12.7. The number of hydrogen-bond acceptors (Lipinski definition) is 5. The third-order valence-electron chi connectivity index (χ3n) is 3.74. The van der Waals surface area contributed by atoms with Crippen molar-refractivity contribution in [3.8, 4) is 0 Å². The molecule has 140 valence electrons. The second-order valence-electron chi connectivity index (χ2n) is 6.19. The molecule has 0 aliphatic heterocycles. The lowest BCUT2D eigenvalue weighted by atomic mass is 10.0. The van der Waals surface area contributed by atoms with Crippen LogP contribution < -0.4 is 15.8 Å². The van der Waals surface area contributed by atoms with Gasteiger partial charge in [0.1, 0.15) is 6.04 Å². The molecule has 0 aliphatic rings. The molecule has 2 rings (SSSR count). The minimum Gasteiger partial charge on any atom is -0.339 e. The molecule has 0 saturated heterocycles. The molecule has 0 aliphatic carbocycles. The van der Waals surface area contributed by atoms with Gasteiger partial charge in [0.25, 0.3) is 5.91 Å². The van der Waals surface area contributed by atoms with Crippen LogP contribution in [-0.4, -0.2) is 26.3 Å². The number of primary sulfonamides is 1. The SMILES string of the molecule is Cc1ccc(NC(=O)[C@H](NC(=O)c2cccs2)C(C)C)cc1S(N)(=O)=O. The molecule has 0 unspecified atom stereocenters. The Bertz CT molecular complexity index is 906. The van der Waals surface area contributed by atoms with Crippen molar-refractivity contribution in [2.45, 2.75) is 31.7 Å². The van der Waals surface area contributed by atoms with Gasteiger partial charge in [-0.15, -0.1) is 11.3 Å². The summed E-state index contributed by atoms with van der Waals surface area (Å²) >= 11 is 1.28. The van der Waals surface area contributed by atoms with E-state index in [1.165, 1.54) is 17.4 Å². The largest absolute Gasteiger partial charge is 0.339 e. The van der Waals surface area contributed by atoms with E-state index >= 15 is 0 Å². The summed E-state index contributed by atoms with van der Waals surface area (Å²) in [6.07, 6.45) is 0. The van der Waals surface area contributed by atoms with E-state index in [1.54, 1.807) is 36.6 Å². The number of sulfonamides is 1. The monoisotopic (exact) mass is 395 g/mol. The summed E-state index contributed by atoms with van der Waals surface area (Å²) in [5.41, 5.74) is 0.776. The summed E-state index contributed by atoms with van der Waals surface area (Å²) in [5.74, 6) is -0.931. The maximum Gasteiger partial charge on any atom is 0.262 e. The van der Waals surface area contributed by atoms with Crippen molar-refractivity contribution in [2.75, 3.05) is 5.32 Å². The molecule has 1 atom stereocenters. The maximum atomic E-state index is 12.6. The average molecular weight is 396 g/mol. The number of hydrogen-bond donors (Lipinski definition) is 3. The topological polar surface area (TPSA) is 118 Å². The highest BCUT2D eigenvalue weighted by Crippen LogP contribution is 2.20. The number of rotatable bonds is 6. The fourth-order valence-corrected chi connectivity index (χ4v) is 3.79. The van der Waals surface area contributed by atoms with Crippen LogP contribution in [0.25, 0.3) is 0 Å². The molecule has 9 heteroatoms. The lowest BCUT2D eigenvalue weighted by Crippen LogP contribution is -2.47. The molecule has 7 nitrogen and oxygen atoms in total. The number of thiophene rings is 1. The molecule has 0 spiro atoms. The van der Waals surface area contributed by atoms with E-state index in [9.17, 15) is 18.0 Å². The van der Waals surface area contributed by atoms with Gasteiger partial charge in [0.2, 0.25) is 15.9 Å². The van der Waals surface area contributed by atoms with Crippen molar-refractivity contribution >= 4 is 38.9 Å². The van der Waals surface area contributed by atoms with Crippen LogP contribution in [0.3, 0.4) is 0 Å². The molecular formula is C17H21N3O4S2. The number of benzene rings is 1. The fourth-order valence-electron chi connectivity index (χ4n) is 2.36. The van der Waals surface area contributed by atoms with Crippen LogP contribution in [0.1, 0.15) is 29.1 Å². The van der Waals surface area contributed by atoms with Gasteiger partial charge in [-0.2, -0.15) is 0 Å². The zero-order valence-corrected chi connectivity index (χ0v) is 16.3. The number of nitrogens with one attached hydrogen (secondary N) is 2. The van der Waals surface area contributed by atoms with Crippen LogP contribution in [0.2, 0.25) is 0 Å². The zero-order valence-electron chi connectivity index (χ0n) is 14.6. The van der Waals surface area contributed by atoms with Crippen LogP contribution in [0.4, 0.5) is 5.69 Å². The lowest BCUT2D eigenvalue weighted by molar-refractivity contribution is -0.118. The first-order valence-corrected chi connectivity index (χ1v) is 10.3. The first-order chi connectivity index (χ1) is 12.1. The third-order valence-corrected chi connectivity index (χ3v) is 5.66. The Morgan fingerprint density at radius 1 is 1.19 bits per heavy atom. The first-order valence-electron chi connectivity index (χ1n) is 7.88. The van der Waals surface area contributed by atoms with Crippen molar-refractivity contribution in [2.24, 2.45) is 11.1 Å². The van der Waals surface area contributed by atoms with Crippen LogP contribution in [0.15, 0.2) is 40.6 Å². The Morgan fingerprint density at radius 2 is 1.88 bits per heavy atom. The standard InChI is InChI=1S/C17H21N3O4S2/c1-10(2)15(20-16(21)13-5-4-8-25-13)17(22)19-12-7-6-11(3)14(9-12)26(18,23)24/h4-10,15H,1-3H3,(H,19,22)(H,20,21)(H2,18,23,24)/t15-/m1/s1. The van der Waals surface area contributed by atoms with E-state index in [0.29, 0.717) is 16.1 Å². The van der Waals surface area contributed by atoms with Crippen LogP contribution >= 0.6 is 11.3 Å². The Balaban J connectivity index is 2.19. The Labute approximate surface area is 156 Å². The average Bonchev–Trinajstić information content (AvgIpc) is 3.07. The van der Waals surface area contributed by atoms with Crippen molar-refractivity contribution < 1.29 is 18.0 Å². The molecule has 1 heterocycles. The number of amides is 2. The second-order valence-corrected chi connectivity index (χ2v) is 8.66. The molecule has 0 saturated carbocycles. The zero-order chi connectivity index (χ0) is 19.5. The van der Waals surface area contributed by atoms with E-state index in [1.807, 2.05) is 13.8 Å². The highest BCUT2D eigenvalue weighted by atomic mass is 32.2. The second kappa shape index (κ2) is 7.98. The number of carbonyl (C=O) groups excluding carboxylic acids is 2. The van der Waals surface area contributed by atoms with Crippen molar-refractivity contribution in [1.29, 1.82) is 0 Å². The fraction of sp³-hybridized carbons (Fsp3) is 0.294. The van der Waals surface area contributed by atoms with Crippen LogP contribution in [0.5, 0.6) is 0 Å². The number of aryl methyl sites for hydroxylation is 1. The van der Waals surface area contributed by atoms with Gasteiger partial charge in [0, 0.05) is 5.69 Å². The molecule has 1 aromatic carbocycles. The Morgan fingerprint density at radius 3 is 2.42 bits per heavy atom. The lowest BCUT2D eigenvalue weighted by Gasteiger charge is -2.21. The summed E-state index contributed by atoms with van der Waals surface area (Å²) in [6, 6.07) is 7.10. The Kier molecular flexibility index (Phi) is 6.17. The van der Waals surface area contributed by atoms with Gasteiger partial charge in [0.05, 0.1) is 9.77 Å². The van der Waals surface area contributed by atoms with Crippen LogP contribution in [0, 0.1) is 12.8 Å². The summed E-state index contributed by atoms with van der Waals surface area (Å²) in [7, 11) is -3.90. The maximum absolute atomic E-state index is 12.6.